The zero-order chi connectivity index (χ0) is 21.6. The van der Waals surface area contributed by atoms with Crippen molar-refractivity contribution in [1.29, 1.82) is 0 Å². The number of hydrogen-bond donors (Lipinski definition) is 2. The van der Waals surface area contributed by atoms with Crippen molar-refractivity contribution in [3.8, 4) is 11.5 Å². The number of nitrogens with one attached hydrogen (secondary N) is 2. The van der Waals surface area contributed by atoms with Gasteiger partial charge in [0.2, 0.25) is 5.91 Å². The van der Waals surface area contributed by atoms with E-state index in [1.807, 2.05) is 12.1 Å². The van der Waals surface area contributed by atoms with Crippen LogP contribution in [0.25, 0.3) is 0 Å². The third-order valence-corrected chi connectivity index (χ3v) is 7.02. The standard InChI is InChI=1S/C21H22N2O5S2/c1-27-16-12-15(13-17(14-16)28-2)9-10-20(24)22-18-6-3-4-7-19(18)23-30(25,26)21-8-5-11-29-21/h3-8,11-14,23H,9-10H2,1-2H3,(H,22,24). The average Bonchev–Trinajstić information content (AvgIpc) is 3.29. The molecule has 0 radical (unpaired) electrons. The van der Waals surface area contributed by atoms with E-state index in [-0.39, 0.29) is 16.5 Å². The maximum absolute atomic E-state index is 12.5. The lowest BCUT2D eigenvalue weighted by atomic mass is 10.1. The normalized spacial score (nSPS) is 11.0. The lowest BCUT2D eigenvalue weighted by Crippen LogP contribution is -2.16. The second kappa shape index (κ2) is 9.64. The summed E-state index contributed by atoms with van der Waals surface area (Å²) in [7, 11) is -0.572. The second-order valence-electron chi connectivity index (χ2n) is 6.35. The summed E-state index contributed by atoms with van der Waals surface area (Å²) in [5, 5.41) is 4.47. The number of methoxy groups -OCH3 is 2. The van der Waals surface area contributed by atoms with Crippen molar-refractivity contribution >= 4 is 38.6 Å². The Morgan fingerprint density at radius 3 is 2.23 bits per heavy atom. The first-order valence-electron chi connectivity index (χ1n) is 9.08. The number of hydrogen-bond acceptors (Lipinski definition) is 6. The Hall–Kier alpha value is -3.04. The quantitative estimate of drug-likeness (QED) is 0.515. The highest BCUT2D eigenvalue weighted by Gasteiger charge is 2.17. The first-order valence-corrected chi connectivity index (χ1v) is 11.4. The Morgan fingerprint density at radius 2 is 1.63 bits per heavy atom. The number of carbonyl (C=O) groups is 1. The van der Waals surface area contributed by atoms with Crippen LogP contribution in [-0.4, -0.2) is 28.5 Å². The highest BCUT2D eigenvalue weighted by atomic mass is 32.2. The highest BCUT2D eigenvalue weighted by molar-refractivity contribution is 7.94. The number of benzene rings is 2. The molecule has 0 aliphatic rings. The molecule has 158 valence electrons. The van der Waals surface area contributed by atoms with Gasteiger partial charge < -0.3 is 14.8 Å². The van der Waals surface area contributed by atoms with Crippen LogP contribution in [0.2, 0.25) is 0 Å². The minimum absolute atomic E-state index is 0.204. The molecule has 1 heterocycles. The third kappa shape index (κ3) is 5.52. The van der Waals surface area contributed by atoms with Gasteiger partial charge in [-0.25, -0.2) is 8.42 Å². The first-order chi connectivity index (χ1) is 14.4. The van der Waals surface area contributed by atoms with Gasteiger partial charge in [0.15, 0.2) is 0 Å². The SMILES string of the molecule is COc1cc(CCC(=O)Nc2ccccc2NS(=O)(=O)c2cccs2)cc(OC)c1. The average molecular weight is 447 g/mol. The van der Waals surface area contributed by atoms with Crippen molar-refractivity contribution in [3.05, 3.63) is 65.5 Å². The summed E-state index contributed by atoms with van der Waals surface area (Å²) >= 11 is 1.12. The molecule has 2 N–H and O–H groups in total. The summed E-state index contributed by atoms with van der Waals surface area (Å²) in [5.41, 5.74) is 1.60. The van der Waals surface area contributed by atoms with E-state index in [9.17, 15) is 13.2 Å². The molecule has 0 fully saturated rings. The Bertz CT molecular complexity index is 1090. The van der Waals surface area contributed by atoms with Crippen molar-refractivity contribution in [3.63, 3.8) is 0 Å². The van der Waals surface area contributed by atoms with Gasteiger partial charge in [0.1, 0.15) is 15.7 Å². The number of anilines is 2. The third-order valence-electron chi connectivity index (χ3n) is 4.26. The predicted molar refractivity (Wildman–Crippen MR) is 118 cm³/mol. The minimum Gasteiger partial charge on any atom is -0.497 e. The fourth-order valence-corrected chi connectivity index (χ4v) is 4.85. The molecule has 1 amide bonds. The molecular formula is C21H22N2O5S2. The van der Waals surface area contributed by atoms with Gasteiger partial charge in [0.05, 0.1) is 25.6 Å². The maximum atomic E-state index is 12.5. The number of ether oxygens (including phenoxy) is 2. The van der Waals surface area contributed by atoms with E-state index in [0.29, 0.717) is 29.3 Å². The smallest absolute Gasteiger partial charge is 0.271 e. The van der Waals surface area contributed by atoms with E-state index < -0.39 is 10.0 Å². The fraction of sp³-hybridized carbons (Fsp3) is 0.190. The van der Waals surface area contributed by atoms with Crippen molar-refractivity contribution in [2.75, 3.05) is 24.3 Å². The van der Waals surface area contributed by atoms with E-state index in [2.05, 4.69) is 10.0 Å². The summed E-state index contributed by atoms with van der Waals surface area (Å²) in [5.74, 6) is 1.07. The zero-order valence-electron chi connectivity index (χ0n) is 16.5. The van der Waals surface area contributed by atoms with Crippen LogP contribution in [0.4, 0.5) is 11.4 Å². The fourth-order valence-electron chi connectivity index (χ4n) is 2.77. The Balaban J connectivity index is 1.68. The largest absolute Gasteiger partial charge is 0.497 e. The Kier molecular flexibility index (Phi) is 6.96. The summed E-state index contributed by atoms with van der Waals surface area (Å²) in [6.45, 7) is 0. The summed E-state index contributed by atoms with van der Waals surface area (Å²) in [6, 6.07) is 15.3. The molecule has 7 nitrogen and oxygen atoms in total. The van der Waals surface area contributed by atoms with Gasteiger partial charge in [0.25, 0.3) is 10.0 Å². The molecule has 0 unspecified atom stereocenters. The predicted octanol–water partition coefficient (Wildman–Crippen LogP) is 4.14. The van der Waals surface area contributed by atoms with Crippen LogP contribution in [0, 0.1) is 0 Å². The Labute approximate surface area is 179 Å². The molecule has 1 aromatic heterocycles. The van der Waals surface area contributed by atoms with Crippen LogP contribution in [-0.2, 0) is 21.2 Å². The minimum atomic E-state index is -3.71. The number of amides is 1. The topological polar surface area (TPSA) is 93.7 Å². The van der Waals surface area contributed by atoms with E-state index in [1.165, 1.54) is 6.07 Å². The van der Waals surface area contributed by atoms with E-state index in [1.54, 1.807) is 56.0 Å². The number of rotatable bonds is 9. The van der Waals surface area contributed by atoms with Gasteiger partial charge in [-0.3, -0.25) is 9.52 Å². The van der Waals surface area contributed by atoms with E-state index >= 15 is 0 Å². The van der Waals surface area contributed by atoms with Crippen LogP contribution in [0.15, 0.2) is 64.2 Å². The number of sulfonamides is 1. The maximum Gasteiger partial charge on any atom is 0.271 e. The molecule has 3 rings (SSSR count). The number of thiophene rings is 1. The van der Waals surface area contributed by atoms with Crippen molar-refractivity contribution in [1.82, 2.24) is 0 Å². The molecule has 2 aromatic carbocycles. The molecular weight excluding hydrogens is 424 g/mol. The molecule has 3 aromatic rings. The molecule has 9 heteroatoms. The van der Waals surface area contributed by atoms with Crippen LogP contribution >= 0.6 is 11.3 Å². The molecule has 30 heavy (non-hydrogen) atoms. The van der Waals surface area contributed by atoms with Crippen molar-refractivity contribution < 1.29 is 22.7 Å². The van der Waals surface area contributed by atoms with Gasteiger partial charge >= 0.3 is 0 Å². The molecule has 0 saturated heterocycles. The summed E-state index contributed by atoms with van der Waals surface area (Å²) in [6.07, 6.45) is 0.685. The van der Waals surface area contributed by atoms with Crippen LogP contribution in [0.1, 0.15) is 12.0 Å². The molecule has 0 atom stereocenters. The van der Waals surface area contributed by atoms with Gasteiger partial charge in [-0.15, -0.1) is 11.3 Å². The number of aryl methyl sites for hydroxylation is 1. The Morgan fingerprint density at radius 1 is 0.967 bits per heavy atom. The molecule has 0 aliphatic carbocycles. The van der Waals surface area contributed by atoms with Gasteiger partial charge in [0, 0.05) is 12.5 Å². The van der Waals surface area contributed by atoms with Crippen LogP contribution < -0.4 is 19.5 Å². The zero-order valence-corrected chi connectivity index (χ0v) is 18.2. The van der Waals surface area contributed by atoms with Crippen molar-refractivity contribution in [2.45, 2.75) is 17.1 Å². The lowest BCUT2D eigenvalue weighted by molar-refractivity contribution is -0.116. The number of carbonyl (C=O) groups excluding carboxylic acids is 1. The van der Waals surface area contributed by atoms with Crippen LogP contribution in [0.3, 0.4) is 0 Å². The van der Waals surface area contributed by atoms with E-state index in [4.69, 9.17) is 9.47 Å². The first kappa shape index (κ1) is 21.7. The molecule has 0 saturated carbocycles. The molecule has 0 bridgehead atoms. The molecule has 0 aliphatic heterocycles. The van der Waals surface area contributed by atoms with Gasteiger partial charge in [-0.05, 0) is 47.7 Å². The monoisotopic (exact) mass is 446 g/mol. The second-order valence-corrected chi connectivity index (χ2v) is 9.21. The number of para-hydroxylation sites is 2. The van der Waals surface area contributed by atoms with E-state index in [0.717, 1.165) is 16.9 Å². The lowest BCUT2D eigenvalue weighted by Gasteiger charge is -2.13. The van der Waals surface area contributed by atoms with Gasteiger partial charge in [-0.1, -0.05) is 18.2 Å². The summed E-state index contributed by atoms with van der Waals surface area (Å²) in [4.78, 5) is 12.5. The van der Waals surface area contributed by atoms with Crippen LogP contribution in [0.5, 0.6) is 11.5 Å². The van der Waals surface area contributed by atoms with Gasteiger partial charge in [-0.2, -0.15) is 0 Å². The van der Waals surface area contributed by atoms with Crippen molar-refractivity contribution in [2.24, 2.45) is 0 Å². The highest BCUT2D eigenvalue weighted by Crippen LogP contribution is 2.27. The summed E-state index contributed by atoms with van der Waals surface area (Å²) < 4.78 is 38.2. The molecule has 0 spiro atoms.